The zero-order valence-electron chi connectivity index (χ0n) is 15.3. The van der Waals surface area contributed by atoms with E-state index in [1.807, 2.05) is 32.0 Å². The number of ether oxygens (including phenoxy) is 1. The van der Waals surface area contributed by atoms with Crippen LogP contribution < -0.4 is 16.0 Å². The smallest absolute Gasteiger partial charge is 0.332 e. The van der Waals surface area contributed by atoms with Crippen LogP contribution in [0.4, 0.5) is 0 Å². The van der Waals surface area contributed by atoms with Crippen LogP contribution in [0.25, 0.3) is 11.2 Å². The van der Waals surface area contributed by atoms with Crippen LogP contribution in [-0.2, 0) is 20.6 Å². The van der Waals surface area contributed by atoms with Gasteiger partial charge < -0.3 is 14.4 Å². The minimum absolute atomic E-state index is 0.0780. The molecule has 0 aliphatic rings. The molecule has 138 valence electrons. The SMILES string of the molecule is Cc1cc(C)cc(OC[C@H](O)Cn2cnc3c2c(=O)n(C)c(=O)n3C)c1. The summed E-state index contributed by atoms with van der Waals surface area (Å²) in [6.07, 6.45) is 0.612. The molecular formula is C18H22N4O4. The second kappa shape index (κ2) is 6.80. The number of aromatic nitrogens is 4. The number of aliphatic hydroxyl groups is 1. The van der Waals surface area contributed by atoms with Gasteiger partial charge in [0, 0.05) is 14.1 Å². The Kier molecular flexibility index (Phi) is 4.69. The molecule has 0 unspecified atom stereocenters. The van der Waals surface area contributed by atoms with E-state index in [9.17, 15) is 14.7 Å². The lowest BCUT2D eigenvalue weighted by atomic mass is 10.1. The monoisotopic (exact) mass is 358 g/mol. The molecule has 2 aromatic heterocycles. The summed E-state index contributed by atoms with van der Waals surface area (Å²) in [5, 5.41) is 10.3. The van der Waals surface area contributed by atoms with E-state index in [0.717, 1.165) is 15.7 Å². The molecule has 0 aliphatic heterocycles. The first-order valence-electron chi connectivity index (χ1n) is 8.28. The van der Waals surface area contributed by atoms with Crippen molar-refractivity contribution < 1.29 is 9.84 Å². The predicted molar refractivity (Wildman–Crippen MR) is 97.6 cm³/mol. The average Bonchev–Trinajstić information content (AvgIpc) is 2.99. The van der Waals surface area contributed by atoms with E-state index in [0.29, 0.717) is 11.4 Å². The second-order valence-electron chi connectivity index (χ2n) is 6.56. The summed E-state index contributed by atoms with van der Waals surface area (Å²) in [6, 6.07) is 5.84. The fraction of sp³-hybridized carbons (Fsp3) is 0.389. The maximum Gasteiger partial charge on any atom is 0.332 e. The molecule has 0 aliphatic carbocycles. The molecule has 8 heteroatoms. The minimum Gasteiger partial charge on any atom is -0.491 e. The molecule has 3 aromatic rings. The van der Waals surface area contributed by atoms with Crippen molar-refractivity contribution in [3.8, 4) is 5.75 Å². The van der Waals surface area contributed by atoms with Crippen LogP contribution in [0.2, 0.25) is 0 Å². The molecule has 1 atom stereocenters. The Bertz CT molecular complexity index is 1060. The molecule has 0 saturated carbocycles. The fourth-order valence-electron chi connectivity index (χ4n) is 3.02. The standard InChI is InChI=1S/C18H22N4O4/c1-11-5-12(2)7-14(6-11)26-9-13(23)8-22-10-19-16-15(22)17(24)21(4)18(25)20(16)3/h5-7,10,13,23H,8-9H2,1-4H3/t13-/m1/s1. The van der Waals surface area contributed by atoms with Crippen LogP contribution in [0.3, 0.4) is 0 Å². The molecule has 0 radical (unpaired) electrons. The zero-order chi connectivity index (χ0) is 19.0. The number of hydrogen-bond acceptors (Lipinski definition) is 5. The molecule has 0 fully saturated rings. The third-order valence-electron chi connectivity index (χ3n) is 4.26. The van der Waals surface area contributed by atoms with Crippen LogP contribution in [0, 0.1) is 13.8 Å². The molecule has 26 heavy (non-hydrogen) atoms. The topological polar surface area (TPSA) is 91.3 Å². The number of imidazole rings is 1. The highest BCUT2D eigenvalue weighted by molar-refractivity contribution is 5.69. The van der Waals surface area contributed by atoms with Crippen LogP contribution in [-0.4, -0.2) is 36.5 Å². The maximum absolute atomic E-state index is 12.4. The Balaban J connectivity index is 1.81. The molecule has 8 nitrogen and oxygen atoms in total. The molecule has 0 spiro atoms. The van der Waals surface area contributed by atoms with Gasteiger partial charge in [0.05, 0.1) is 12.9 Å². The number of aliphatic hydroxyl groups excluding tert-OH is 1. The molecule has 1 aromatic carbocycles. The first kappa shape index (κ1) is 17.9. The maximum atomic E-state index is 12.4. The lowest BCUT2D eigenvalue weighted by molar-refractivity contribution is 0.0933. The largest absolute Gasteiger partial charge is 0.491 e. The summed E-state index contributed by atoms with van der Waals surface area (Å²) < 4.78 is 9.55. The minimum atomic E-state index is -0.838. The molecule has 0 saturated heterocycles. The fourth-order valence-corrected chi connectivity index (χ4v) is 3.02. The highest BCUT2D eigenvalue weighted by atomic mass is 16.5. The van der Waals surface area contributed by atoms with Gasteiger partial charge in [0.15, 0.2) is 11.2 Å². The van der Waals surface area contributed by atoms with Gasteiger partial charge in [-0.2, -0.15) is 0 Å². The molecule has 1 N–H and O–H groups in total. The Hall–Kier alpha value is -2.87. The van der Waals surface area contributed by atoms with Gasteiger partial charge in [-0.25, -0.2) is 9.78 Å². The summed E-state index contributed by atoms with van der Waals surface area (Å²) in [7, 11) is 2.97. The summed E-state index contributed by atoms with van der Waals surface area (Å²) in [6.45, 7) is 4.17. The van der Waals surface area contributed by atoms with Crippen molar-refractivity contribution in [2.24, 2.45) is 14.1 Å². The van der Waals surface area contributed by atoms with Crippen molar-refractivity contribution in [2.75, 3.05) is 6.61 Å². The lowest BCUT2D eigenvalue weighted by Crippen LogP contribution is -2.38. The van der Waals surface area contributed by atoms with E-state index in [1.54, 1.807) is 11.6 Å². The first-order valence-corrected chi connectivity index (χ1v) is 8.28. The van der Waals surface area contributed by atoms with Gasteiger partial charge in [-0.3, -0.25) is 13.9 Å². The number of hydrogen-bond donors (Lipinski definition) is 1. The number of rotatable bonds is 5. The number of benzene rings is 1. The molecule has 0 amide bonds. The second-order valence-corrected chi connectivity index (χ2v) is 6.56. The quantitative estimate of drug-likeness (QED) is 0.717. The van der Waals surface area contributed by atoms with Crippen molar-refractivity contribution in [3.05, 3.63) is 56.5 Å². The molecule has 3 rings (SSSR count). The Morgan fingerprint density at radius 1 is 1.12 bits per heavy atom. The normalized spacial score (nSPS) is 12.5. The summed E-state index contributed by atoms with van der Waals surface area (Å²) in [5.41, 5.74) is 1.86. The molecular weight excluding hydrogens is 336 g/mol. The van der Waals surface area contributed by atoms with E-state index >= 15 is 0 Å². The highest BCUT2D eigenvalue weighted by Crippen LogP contribution is 2.16. The first-order chi connectivity index (χ1) is 12.3. The average molecular weight is 358 g/mol. The van der Waals surface area contributed by atoms with Crippen LogP contribution >= 0.6 is 0 Å². The van der Waals surface area contributed by atoms with E-state index in [2.05, 4.69) is 4.98 Å². The van der Waals surface area contributed by atoms with Crippen LogP contribution in [0.15, 0.2) is 34.1 Å². The number of nitrogens with zero attached hydrogens (tertiary/aromatic N) is 4. The van der Waals surface area contributed by atoms with Crippen molar-refractivity contribution in [1.29, 1.82) is 0 Å². The van der Waals surface area contributed by atoms with E-state index in [-0.39, 0.29) is 18.7 Å². The van der Waals surface area contributed by atoms with Crippen LogP contribution in [0.5, 0.6) is 5.75 Å². The summed E-state index contributed by atoms with van der Waals surface area (Å²) in [5.74, 6) is 0.690. The van der Waals surface area contributed by atoms with Gasteiger partial charge >= 0.3 is 5.69 Å². The molecule has 0 bridgehead atoms. The lowest BCUT2D eigenvalue weighted by Gasteiger charge is -2.14. The Morgan fingerprint density at radius 2 is 1.77 bits per heavy atom. The van der Waals surface area contributed by atoms with Gasteiger partial charge in [0.2, 0.25) is 0 Å². The van der Waals surface area contributed by atoms with Gasteiger partial charge in [-0.15, -0.1) is 0 Å². The van der Waals surface area contributed by atoms with Gasteiger partial charge in [-0.05, 0) is 37.1 Å². The van der Waals surface area contributed by atoms with Crippen molar-refractivity contribution in [2.45, 2.75) is 26.5 Å². The predicted octanol–water partition coefficient (Wildman–Crippen LogP) is 0.490. The van der Waals surface area contributed by atoms with Crippen molar-refractivity contribution in [1.82, 2.24) is 18.7 Å². The number of aryl methyl sites for hydroxylation is 3. The van der Waals surface area contributed by atoms with Gasteiger partial charge in [-0.1, -0.05) is 6.07 Å². The molecule has 2 heterocycles. The van der Waals surface area contributed by atoms with E-state index in [1.165, 1.54) is 17.9 Å². The highest BCUT2D eigenvalue weighted by Gasteiger charge is 2.16. The summed E-state index contributed by atoms with van der Waals surface area (Å²) in [4.78, 5) is 28.5. The van der Waals surface area contributed by atoms with Crippen molar-refractivity contribution >= 4 is 11.2 Å². The van der Waals surface area contributed by atoms with E-state index < -0.39 is 17.4 Å². The van der Waals surface area contributed by atoms with E-state index in [4.69, 9.17) is 4.74 Å². The van der Waals surface area contributed by atoms with Crippen molar-refractivity contribution in [3.63, 3.8) is 0 Å². The zero-order valence-corrected chi connectivity index (χ0v) is 15.3. The van der Waals surface area contributed by atoms with Gasteiger partial charge in [0.1, 0.15) is 18.5 Å². The third kappa shape index (κ3) is 3.28. The Morgan fingerprint density at radius 3 is 2.42 bits per heavy atom. The van der Waals surface area contributed by atoms with Crippen LogP contribution in [0.1, 0.15) is 11.1 Å². The van der Waals surface area contributed by atoms with Gasteiger partial charge in [0.25, 0.3) is 5.56 Å². The Labute approximate surface area is 149 Å². The summed E-state index contributed by atoms with van der Waals surface area (Å²) >= 11 is 0. The number of fused-ring (bicyclic) bond motifs is 1. The third-order valence-corrected chi connectivity index (χ3v) is 4.26.